The molecule has 1 atom stereocenters. The van der Waals surface area contributed by atoms with Crippen LogP contribution in [0.4, 0.5) is 20.2 Å². The van der Waals surface area contributed by atoms with Crippen LogP contribution in [0.1, 0.15) is 30.5 Å². The summed E-state index contributed by atoms with van der Waals surface area (Å²) in [5.74, 6) is 0.158. The Morgan fingerprint density at radius 1 is 1.05 bits per heavy atom. The molecule has 0 aliphatic carbocycles. The Morgan fingerprint density at radius 2 is 1.81 bits per heavy atom. The number of fused-ring (bicyclic) bond motifs is 1. The van der Waals surface area contributed by atoms with Crippen molar-refractivity contribution in [3.05, 3.63) is 77.4 Å². The molecule has 37 heavy (non-hydrogen) atoms. The van der Waals surface area contributed by atoms with E-state index in [1.807, 2.05) is 30.0 Å². The van der Waals surface area contributed by atoms with Gasteiger partial charge in [0.1, 0.15) is 24.3 Å². The molecule has 6 nitrogen and oxygen atoms in total. The van der Waals surface area contributed by atoms with Gasteiger partial charge in [-0.05, 0) is 69.0 Å². The summed E-state index contributed by atoms with van der Waals surface area (Å²) >= 11 is 0. The van der Waals surface area contributed by atoms with Gasteiger partial charge in [-0.25, -0.2) is 8.78 Å². The normalized spacial score (nSPS) is 17.9. The molecule has 3 aromatic rings. The first-order valence-corrected chi connectivity index (χ1v) is 12.7. The van der Waals surface area contributed by atoms with Crippen LogP contribution >= 0.6 is 0 Å². The van der Waals surface area contributed by atoms with Crippen LogP contribution in [0.3, 0.4) is 0 Å². The van der Waals surface area contributed by atoms with E-state index in [2.05, 4.69) is 11.8 Å². The number of hydrogen-bond donors (Lipinski definition) is 1. The van der Waals surface area contributed by atoms with Crippen LogP contribution in [0, 0.1) is 11.6 Å². The Labute approximate surface area is 216 Å². The Balaban J connectivity index is 1.51. The van der Waals surface area contributed by atoms with Crippen molar-refractivity contribution < 1.29 is 23.4 Å². The second kappa shape index (κ2) is 10.6. The number of rotatable bonds is 8. The number of phenols is 1. The maximum atomic E-state index is 15.4. The molecule has 5 rings (SSSR count). The highest BCUT2D eigenvalue weighted by molar-refractivity contribution is 5.75. The highest BCUT2D eigenvalue weighted by Gasteiger charge is 2.34. The first-order chi connectivity index (χ1) is 17.8. The van der Waals surface area contributed by atoms with Gasteiger partial charge in [0, 0.05) is 31.4 Å². The number of aromatic hydroxyl groups is 1. The van der Waals surface area contributed by atoms with E-state index in [0.717, 1.165) is 31.6 Å². The molecule has 1 saturated heterocycles. The number of hydrogen-bond acceptors (Lipinski definition) is 6. The van der Waals surface area contributed by atoms with E-state index in [4.69, 9.17) is 9.47 Å². The lowest BCUT2D eigenvalue weighted by Gasteiger charge is -2.40. The minimum atomic E-state index is -0.440. The van der Waals surface area contributed by atoms with E-state index in [9.17, 15) is 9.50 Å². The molecule has 2 aliphatic rings. The van der Waals surface area contributed by atoms with Crippen molar-refractivity contribution in [2.75, 3.05) is 45.2 Å². The molecule has 0 spiro atoms. The van der Waals surface area contributed by atoms with Gasteiger partial charge in [0.25, 0.3) is 0 Å². The SMILES string of the molecule is CCCN1CC(Oc2ccc(N3c4ccc(O)c(CN(C)C)c4OC[C@H]3c3ccc(F)cc3)cc2F)C1. The smallest absolute Gasteiger partial charge is 0.167 e. The Hall–Kier alpha value is -3.36. The first-order valence-electron chi connectivity index (χ1n) is 12.7. The molecule has 1 fully saturated rings. The Bertz CT molecular complexity index is 1250. The van der Waals surface area contributed by atoms with Crippen molar-refractivity contribution in [1.29, 1.82) is 0 Å². The van der Waals surface area contributed by atoms with Crippen molar-refractivity contribution in [3.8, 4) is 17.2 Å². The average molecular weight is 510 g/mol. The van der Waals surface area contributed by atoms with Gasteiger partial charge >= 0.3 is 0 Å². The standard InChI is InChI=1S/C29H33F2N3O3/c1-4-13-33-15-22(16-33)37-28-12-9-21(14-24(28)31)34-25-10-11-27(35)23(17-32(2)3)29(25)36-18-26(34)19-5-7-20(30)8-6-19/h5-12,14,22,26,35H,4,13,15-18H2,1-3H3/t26-/m0/s1. The van der Waals surface area contributed by atoms with Gasteiger partial charge in [0.2, 0.25) is 0 Å². The van der Waals surface area contributed by atoms with Crippen LogP contribution in [0.15, 0.2) is 54.6 Å². The summed E-state index contributed by atoms with van der Waals surface area (Å²) in [6.45, 7) is 5.49. The van der Waals surface area contributed by atoms with E-state index in [1.54, 1.807) is 30.3 Å². The predicted molar refractivity (Wildman–Crippen MR) is 140 cm³/mol. The molecule has 3 aromatic carbocycles. The summed E-state index contributed by atoms with van der Waals surface area (Å²) < 4.78 is 41.2. The number of likely N-dealkylation sites (tertiary alicyclic amines) is 1. The lowest BCUT2D eigenvalue weighted by Crippen LogP contribution is -2.53. The minimum Gasteiger partial charge on any atom is -0.507 e. The van der Waals surface area contributed by atoms with E-state index >= 15 is 4.39 Å². The zero-order chi connectivity index (χ0) is 26.1. The van der Waals surface area contributed by atoms with E-state index in [0.29, 0.717) is 29.2 Å². The molecule has 196 valence electrons. The molecule has 0 amide bonds. The van der Waals surface area contributed by atoms with Crippen molar-refractivity contribution in [3.63, 3.8) is 0 Å². The fraction of sp³-hybridized carbons (Fsp3) is 0.379. The molecular formula is C29H33F2N3O3. The second-order valence-electron chi connectivity index (χ2n) is 10.0. The summed E-state index contributed by atoms with van der Waals surface area (Å²) in [5.41, 5.74) is 2.82. The molecule has 0 radical (unpaired) electrons. The van der Waals surface area contributed by atoms with Crippen molar-refractivity contribution in [2.45, 2.75) is 32.0 Å². The van der Waals surface area contributed by atoms with Crippen LogP contribution in [-0.2, 0) is 6.54 Å². The summed E-state index contributed by atoms with van der Waals surface area (Å²) in [6, 6.07) is 14.3. The zero-order valence-electron chi connectivity index (χ0n) is 21.5. The Morgan fingerprint density at radius 3 is 2.49 bits per heavy atom. The number of phenolic OH excluding ortho intramolecular Hbond substituents is 1. The number of nitrogens with zero attached hydrogens (tertiary/aromatic N) is 3. The molecule has 2 aliphatic heterocycles. The molecular weight excluding hydrogens is 476 g/mol. The number of halogens is 2. The highest BCUT2D eigenvalue weighted by Crippen LogP contribution is 2.48. The fourth-order valence-electron chi connectivity index (χ4n) is 5.09. The fourth-order valence-corrected chi connectivity index (χ4v) is 5.09. The lowest BCUT2D eigenvalue weighted by atomic mass is 10.00. The molecule has 0 saturated carbocycles. The quantitative estimate of drug-likeness (QED) is 0.434. The largest absolute Gasteiger partial charge is 0.507 e. The van der Waals surface area contributed by atoms with E-state index in [1.165, 1.54) is 18.2 Å². The molecule has 0 bridgehead atoms. The lowest BCUT2D eigenvalue weighted by molar-refractivity contribution is 0.0179. The van der Waals surface area contributed by atoms with Gasteiger partial charge in [-0.2, -0.15) is 0 Å². The van der Waals surface area contributed by atoms with Crippen LogP contribution in [0.25, 0.3) is 0 Å². The summed E-state index contributed by atoms with van der Waals surface area (Å²) in [5, 5.41) is 10.6. The van der Waals surface area contributed by atoms with Crippen LogP contribution in [0.2, 0.25) is 0 Å². The second-order valence-corrected chi connectivity index (χ2v) is 10.0. The van der Waals surface area contributed by atoms with Gasteiger partial charge in [-0.1, -0.05) is 19.1 Å². The Kier molecular flexibility index (Phi) is 7.22. The van der Waals surface area contributed by atoms with E-state index < -0.39 is 5.82 Å². The van der Waals surface area contributed by atoms with Crippen molar-refractivity contribution in [2.24, 2.45) is 0 Å². The highest BCUT2D eigenvalue weighted by atomic mass is 19.1. The third-order valence-corrected chi connectivity index (χ3v) is 6.85. The maximum Gasteiger partial charge on any atom is 0.167 e. The number of ether oxygens (including phenoxy) is 2. The van der Waals surface area contributed by atoms with Crippen LogP contribution < -0.4 is 14.4 Å². The third kappa shape index (κ3) is 5.22. The average Bonchev–Trinajstić information content (AvgIpc) is 2.85. The monoisotopic (exact) mass is 509 g/mol. The molecule has 0 unspecified atom stereocenters. The summed E-state index contributed by atoms with van der Waals surface area (Å²) in [7, 11) is 3.83. The molecule has 2 heterocycles. The van der Waals surface area contributed by atoms with Gasteiger partial charge in [0.15, 0.2) is 17.3 Å². The third-order valence-electron chi connectivity index (χ3n) is 6.85. The van der Waals surface area contributed by atoms with Gasteiger partial charge < -0.3 is 24.4 Å². The summed E-state index contributed by atoms with van der Waals surface area (Å²) in [4.78, 5) is 6.22. The minimum absolute atomic E-state index is 0.0143. The van der Waals surface area contributed by atoms with Crippen molar-refractivity contribution >= 4 is 11.4 Å². The van der Waals surface area contributed by atoms with Crippen molar-refractivity contribution in [1.82, 2.24) is 9.80 Å². The number of benzene rings is 3. The zero-order valence-corrected chi connectivity index (χ0v) is 21.5. The predicted octanol–water partition coefficient (Wildman–Crippen LogP) is 5.48. The van der Waals surface area contributed by atoms with Gasteiger partial charge in [-0.3, -0.25) is 4.90 Å². The first kappa shape index (κ1) is 25.3. The van der Waals surface area contributed by atoms with E-state index in [-0.39, 0.29) is 36.1 Å². The van der Waals surface area contributed by atoms with Crippen LogP contribution in [-0.4, -0.2) is 61.3 Å². The maximum absolute atomic E-state index is 15.4. The van der Waals surface area contributed by atoms with Gasteiger partial charge in [-0.15, -0.1) is 0 Å². The van der Waals surface area contributed by atoms with Crippen LogP contribution in [0.5, 0.6) is 17.2 Å². The summed E-state index contributed by atoms with van der Waals surface area (Å²) in [6.07, 6.45) is 1.07. The molecule has 1 N–H and O–H groups in total. The topological polar surface area (TPSA) is 48.4 Å². The molecule has 0 aromatic heterocycles. The number of anilines is 2. The van der Waals surface area contributed by atoms with Gasteiger partial charge in [0.05, 0.1) is 17.3 Å². The molecule has 8 heteroatoms.